The van der Waals surface area contributed by atoms with Gasteiger partial charge in [-0.2, -0.15) is 5.10 Å². The van der Waals surface area contributed by atoms with Gasteiger partial charge in [0.05, 0.1) is 5.41 Å². The average Bonchev–Trinajstić information content (AvgIpc) is 3.09. The molecule has 1 amide bonds. The lowest BCUT2D eigenvalue weighted by atomic mass is 9.79. The number of rotatable bonds is 5. The molecule has 2 fully saturated rings. The first-order valence-electron chi connectivity index (χ1n) is 8.36. The molecule has 0 aliphatic carbocycles. The molecule has 1 aromatic heterocycles. The Bertz CT molecular complexity index is 518. The molecule has 7 heteroatoms. The highest BCUT2D eigenvalue weighted by Gasteiger charge is 2.39. The van der Waals surface area contributed by atoms with Gasteiger partial charge in [-0.3, -0.25) is 4.79 Å². The van der Waals surface area contributed by atoms with Gasteiger partial charge in [0.1, 0.15) is 0 Å². The largest absolute Gasteiger partial charge is 0.381 e. The van der Waals surface area contributed by atoms with Crippen LogP contribution in [0.5, 0.6) is 0 Å². The Morgan fingerprint density at radius 3 is 3.00 bits per heavy atom. The van der Waals surface area contributed by atoms with Crippen LogP contribution < -0.4 is 16.0 Å². The lowest BCUT2D eigenvalue weighted by Gasteiger charge is -2.35. The Morgan fingerprint density at radius 2 is 2.30 bits per heavy atom. The summed E-state index contributed by atoms with van der Waals surface area (Å²) in [7, 11) is 0. The van der Waals surface area contributed by atoms with E-state index in [9.17, 15) is 4.79 Å². The van der Waals surface area contributed by atoms with E-state index in [2.05, 4.69) is 20.4 Å². The smallest absolute Gasteiger partial charge is 0.227 e. The fourth-order valence-corrected chi connectivity index (χ4v) is 3.48. The van der Waals surface area contributed by atoms with Gasteiger partial charge in [-0.15, -0.1) is 5.10 Å². The molecule has 2 aliphatic heterocycles. The predicted molar refractivity (Wildman–Crippen MR) is 87.0 cm³/mol. The number of carbonyl (C=O) groups is 1. The second-order valence-corrected chi connectivity index (χ2v) is 6.38. The number of aromatic nitrogens is 2. The van der Waals surface area contributed by atoms with Crippen LogP contribution >= 0.6 is 0 Å². The molecule has 7 nitrogen and oxygen atoms in total. The highest BCUT2D eigenvalue weighted by Crippen LogP contribution is 2.30. The van der Waals surface area contributed by atoms with Gasteiger partial charge in [0.2, 0.25) is 5.91 Å². The van der Waals surface area contributed by atoms with Crippen molar-refractivity contribution in [3.8, 4) is 0 Å². The summed E-state index contributed by atoms with van der Waals surface area (Å²) in [6, 6.07) is 4.12. The normalized spacial score (nSPS) is 23.7. The van der Waals surface area contributed by atoms with Gasteiger partial charge in [-0.25, -0.2) is 0 Å². The first-order valence-corrected chi connectivity index (χ1v) is 8.36. The monoisotopic (exact) mass is 319 g/mol. The average molecular weight is 319 g/mol. The molecular weight excluding hydrogens is 294 g/mol. The Labute approximate surface area is 136 Å². The number of anilines is 1. The van der Waals surface area contributed by atoms with E-state index in [0.29, 0.717) is 39.1 Å². The molecule has 1 aromatic rings. The molecule has 3 N–H and O–H groups in total. The fourth-order valence-electron chi connectivity index (χ4n) is 3.48. The van der Waals surface area contributed by atoms with Crippen molar-refractivity contribution in [1.82, 2.24) is 15.5 Å². The zero-order chi connectivity index (χ0) is 16.1. The van der Waals surface area contributed by atoms with Crippen molar-refractivity contribution in [3.05, 3.63) is 18.3 Å². The lowest BCUT2D eigenvalue weighted by Crippen LogP contribution is -2.51. The van der Waals surface area contributed by atoms with E-state index < -0.39 is 5.41 Å². The maximum Gasteiger partial charge on any atom is 0.227 e. The van der Waals surface area contributed by atoms with E-state index in [1.54, 1.807) is 6.20 Å². The molecule has 0 radical (unpaired) electrons. The Hall–Kier alpha value is -1.73. The van der Waals surface area contributed by atoms with Gasteiger partial charge in [0.15, 0.2) is 5.82 Å². The van der Waals surface area contributed by atoms with Crippen molar-refractivity contribution in [2.45, 2.75) is 31.7 Å². The van der Waals surface area contributed by atoms with Crippen molar-refractivity contribution in [1.29, 1.82) is 0 Å². The fraction of sp³-hybridized carbons (Fsp3) is 0.688. The van der Waals surface area contributed by atoms with E-state index in [-0.39, 0.29) is 11.9 Å². The minimum Gasteiger partial charge on any atom is -0.381 e. The Balaban J connectivity index is 1.59. The van der Waals surface area contributed by atoms with Crippen LogP contribution in [0.25, 0.3) is 0 Å². The van der Waals surface area contributed by atoms with Crippen molar-refractivity contribution >= 4 is 11.7 Å². The third-order valence-corrected chi connectivity index (χ3v) is 5.05. The van der Waals surface area contributed by atoms with E-state index >= 15 is 0 Å². The maximum atomic E-state index is 12.7. The van der Waals surface area contributed by atoms with Gasteiger partial charge in [-0.1, -0.05) is 0 Å². The summed E-state index contributed by atoms with van der Waals surface area (Å²) in [6.45, 7) is 3.17. The quantitative estimate of drug-likeness (QED) is 0.812. The second-order valence-electron chi connectivity index (χ2n) is 6.38. The first-order chi connectivity index (χ1) is 11.2. The lowest BCUT2D eigenvalue weighted by molar-refractivity contribution is -0.135. The highest BCUT2D eigenvalue weighted by molar-refractivity contribution is 5.83. The number of ether oxygens (including phenoxy) is 1. The van der Waals surface area contributed by atoms with Crippen molar-refractivity contribution in [2.24, 2.45) is 11.1 Å². The van der Waals surface area contributed by atoms with E-state index in [4.69, 9.17) is 10.5 Å². The summed E-state index contributed by atoms with van der Waals surface area (Å²) >= 11 is 0. The summed E-state index contributed by atoms with van der Waals surface area (Å²) < 4.78 is 5.37. The summed E-state index contributed by atoms with van der Waals surface area (Å²) in [5.74, 6) is 0.943. The highest BCUT2D eigenvalue weighted by atomic mass is 16.5. The topological polar surface area (TPSA) is 93.4 Å². The molecule has 2 saturated heterocycles. The number of hydrogen-bond acceptors (Lipinski definition) is 6. The summed E-state index contributed by atoms with van der Waals surface area (Å²) in [6.07, 6.45) is 5.23. The van der Waals surface area contributed by atoms with Crippen LogP contribution in [0.15, 0.2) is 18.3 Å². The molecule has 3 heterocycles. The zero-order valence-electron chi connectivity index (χ0n) is 13.4. The minimum atomic E-state index is -0.464. The standard InChI is InChI=1S/C16H25N5O2/c17-12-16(5-9-23-10-6-16)15(22)18-11-13-3-2-8-21(13)14-4-1-7-19-20-14/h1,4,7,13H,2-3,5-6,8-12,17H2,(H,18,22). The number of nitrogens with zero attached hydrogens (tertiary/aromatic N) is 3. The Morgan fingerprint density at radius 1 is 1.48 bits per heavy atom. The van der Waals surface area contributed by atoms with Crippen molar-refractivity contribution in [2.75, 3.05) is 37.7 Å². The molecule has 0 spiro atoms. The molecular formula is C16H25N5O2. The molecule has 3 rings (SSSR count). The van der Waals surface area contributed by atoms with E-state index in [0.717, 1.165) is 25.2 Å². The summed E-state index contributed by atoms with van der Waals surface area (Å²) in [5, 5.41) is 11.3. The molecule has 2 aliphatic rings. The maximum absolute atomic E-state index is 12.7. The van der Waals surface area contributed by atoms with Crippen molar-refractivity contribution in [3.63, 3.8) is 0 Å². The van der Waals surface area contributed by atoms with E-state index in [1.807, 2.05) is 12.1 Å². The van der Waals surface area contributed by atoms with Gasteiger partial charge in [-0.05, 0) is 37.8 Å². The van der Waals surface area contributed by atoms with Crippen LogP contribution in [0, 0.1) is 5.41 Å². The van der Waals surface area contributed by atoms with Crippen LogP contribution in [0.4, 0.5) is 5.82 Å². The number of carbonyl (C=O) groups excluding carboxylic acids is 1. The SMILES string of the molecule is NCC1(C(=O)NCC2CCCN2c2cccnn2)CCOCC1. The predicted octanol–water partition coefficient (Wildman–Crippen LogP) is 0.317. The number of nitrogens with two attached hydrogens (primary N) is 1. The van der Waals surface area contributed by atoms with Gasteiger partial charge < -0.3 is 20.7 Å². The van der Waals surface area contributed by atoms with Gasteiger partial charge >= 0.3 is 0 Å². The zero-order valence-corrected chi connectivity index (χ0v) is 13.4. The summed E-state index contributed by atoms with van der Waals surface area (Å²) in [5.41, 5.74) is 5.43. The van der Waals surface area contributed by atoms with Crippen LogP contribution in [0.2, 0.25) is 0 Å². The summed E-state index contributed by atoms with van der Waals surface area (Å²) in [4.78, 5) is 14.9. The number of nitrogens with one attached hydrogen (secondary N) is 1. The molecule has 1 atom stereocenters. The third kappa shape index (κ3) is 3.45. The minimum absolute atomic E-state index is 0.0642. The molecule has 126 valence electrons. The molecule has 23 heavy (non-hydrogen) atoms. The first kappa shape index (κ1) is 16.1. The molecule has 0 bridgehead atoms. The third-order valence-electron chi connectivity index (χ3n) is 5.05. The van der Waals surface area contributed by atoms with Crippen LogP contribution in [-0.4, -0.2) is 55.0 Å². The molecule has 1 unspecified atom stereocenters. The van der Waals surface area contributed by atoms with Crippen LogP contribution in [0.3, 0.4) is 0 Å². The molecule has 0 saturated carbocycles. The number of amides is 1. The molecule has 0 aromatic carbocycles. The van der Waals surface area contributed by atoms with Gasteiger partial charge in [0, 0.05) is 45.1 Å². The second kappa shape index (κ2) is 7.23. The van der Waals surface area contributed by atoms with Crippen LogP contribution in [0.1, 0.15) is 25.7 Å². The van der Waals surface area contributed by atoms with E-state index in [1.165, 1.54) is 0 Å². The van der Waals surface area contributed by atoms with Gasteiger partial charge in [0.25, 0.3) is 0 Å². The van der Waals surface area contributed by atoms with Crippen molar-refractivity contribution < 1.29 is 9.53 Å². The Kier molecular flexibility index (Phi) is 5.07. The van der Waals surface area contributed by atoms with Crippen LogP contribution in [-0.2, 0) is 9.53 Å². The number of hydrogen-bond donors (Lipinski definition) is 2.